The Bertz CT molecular complexity index is 436. The van der Waals surface area contributed by atoms with E-state index in [0.717, 1.165) is 31.2 Å². The first-order valence-corrected chi connectivity index (χ1v) is 7.35. The molecule has 0 fully saturated rings. The number of ether oxygens (including phenoxy) is 1. The maximum absolute atomic E-state index is 12.0. The number of nitriles is 1. The van der Waals surface area contributed by atoms with Gasteiger partial charge in [-0.25, -0.2) is 0 Å². The minimum absolute atomic E-state index is 0.0770. The Morgan fingerprint density at radius 1 is 1.25 bits per heavy atom. The van der Waals surface area contributed by atoms with E-state index in [0.29, 0.717) is 6.61 Å². The second-order valence-electron chi connectivity index (χ2n) is 4.87. The fraction of sp³-hybridized carbons (Fsp3) is 0.529. The van der Waals surface area contributed by atoms with Crippen molar-refractivity contribution in [1.29, 1.82) is 5.26 Å². The normalized spacial score (nSPS) is 13.2. The molecule has 0 saturated heterocycles. The van der Waals surface area contributed by atoms with Crippen LogP contribution in [-0.2, 0) is 9.53 Å². The predicted octanol–water partition coefficient (Wildman–Crippen LogP) is 4.05. The van der Waals surface area contributed by atoms with E-state index in [-0.39, 0.29) is 5.92 Å². The molecular formula is C17H23NO2. The zero-order valence-electron chi connectivity index (χ0n) is 12.3. The highest BCUT2D eigenvalue weighted by atomic mass is 16.5. The van der Waals surface area contributed by atoms with Gasteiger partial charge in [-0.1, -0.05) is 56.5 Å². The monoisotopic (exact) mass is 273 g/mol. The lowest BCUT2D eigenvalue weighted by Gasteiger charge is -2.21. The average Bonchev–Trinajstić information content (AvgIpc) is 2.48. The van der Waals surface area contributed by atoms with Gasteiger partial charge in [0.25, 0.3) is 0 Å². The summed E-state index contributed by atoms with van der Waals surface area (Å²) in [6, 6.07) is 11.9. The second kappa shape index (κ2) is 9.14. The average molecular weight is 273 g/mol. The first-order chi connectivity index (χ1) is 9.74. The van der Waals surface area contributed by atoms with Gasteiger partial charge >= 0.3 is 5.97 Å². The van der Waals surface area contributed by atoms with Crippen molar-refractivity contribution in [3.8, 4) is 6.07 Å². The van der Waals surface area contributed by atoms with Crippen LogP contribution in [0.4, 0.5) is 0 Å². The van der Waals surface area contributed by atoms with E-state index in [1.165, 1.54) is 0 Å². The van der Waals surface area contributed by atoms with E-state index in [4.69, 9.17) is 4.74 Å². The fourth-order valence-corrected chi connectivity index (χ4v) is 2.38. The van der Waals surface area contributed by atoms with E-state index >= 15 is 0 Å². The minimum Gasteiger partial charge on any atom is -0.465 e. The zero-order valence-corrected chi connectivity index (χ0v) is 12.3. The van der Waals surface area contributed by atoms with Crippen molar-refractivity contribution in [1.82, 2.24) is 0 Å². The van der Waals surface area contributed by atoms with E-state index in [1.807, 2.05) is 30.3 Å². The van der Waals surface area contributed by atoms with Gasteiger partial charge in [-0.05, 0) is 18.9 Å². The third-order valence-corrected chi connectivity index (χ3v) is 3.43. The summed E-state index contributed by atoms with van der Waals surface area (Å²) < 4.78 is 5.04. The molecule has 0 N–H and O–H groups in total. The Morgan fingerprint density at radius 2 is 1.95 bits per heavy atom. The molecule has 3 heteroatoms. The molecule has 0 radical (unpaired) electrons. The highest BCUT2D eigenvalue weighted by Gasteiger charge is 2.30. The summed E-state index contributed by atoms with van der Waals surface area (Å²) in [4.78, 5) is 12.0. The Labute approximate surface area is 121 Å². The van der Waals surface area contributed by atoms with Crippen LogP contribution in [0.5, 0.6) is 0 Å². The van der Waals surface area contributed by atoms with Crippen LogP contribution in [0.1, 0.15) is 51.0 Å². The number of hydrogen-bond acceptors (Lipinski definition) is 3. The topological polar surface area (TPSA) is 50.1 Å². The summed E-state index contributed by atoms with van der Waals surface area (Å²) in [6.07, 6.45) is 4.10. The SMILES string of the molecule is CCCCCC(c1ccccc1)C(C#N)C(=O)OCC. The van der Waals surface area contributed by atoms with Gasteiger partial charge in [-0.3, -0.25) is 4.79 Å². The van der Waals surface area contributed by atoms with Gasteiger partial charge in [0.05, 0.1) is 12.7 Å². The standard InChI is InChI=1S/C17H23NO2/c1-3-5-7-12-15(14-10-8-6-9-11-14)16(13-18)17(19)20-4-2/h6,8-11,15-16H,3-5,7,12H2,1-2H3. The molecule has 0 bridgehead atoms. The molecule has 0 heterocycles. The largest absolute Gasteiger partial charge is 0.465 e. The van der Waals surface area contributed by atoms with Gasteiger partial charge in [0, 0.05) is 5.92 Å². The van der Waals surface area contributed by atoms with Gasteiger partial charge in [0.15, 0.2) is 5.92 Å². The van der Waals surface area contributed by atoms with E-state index < -0.39 is 11.9 Å². The highest BCUT2D eigenvalue weighted by molar-refractivity contribution is 5.76. The van der Waals surface area contributed by atoms with Gasteiger partial charge in [0.1, 0.15) is 0 Å². The molecule has 3 nitrogen and oxygen atoms in total. The third-order valence-electron chi connectivity index (χ3n) is 3.43. The lowest BCUT2D eigenvalue weighted by molar-refractivity contribution is -0.146. The summed E-state index contributed by atoms with van der Waals surface area (Å²) in [5.41, 5.74) is 1.04. The van der Waals surface area contributed by atoms with Crippen LogP contribution in [-0.4, -0.2) is 12.6 Å². The maximum atomic E-state index is 12.0. The number of carbonyl (C=O) groups is 1. The van der Waals surface area contributed by atoms with Gasteiger partial charge in [0.2, 0.25) is 0 Å². The van der Waals surface area contributed by atoms with Crippen LogP contribution >= 0.6 is 0 Å². The lowest BCUT2D eigenvalue weighted by Crippen LogP contribution is -2.23. The molecular weight excluding hydrogens is 250 g/mol. The van der Waals surface area contributed by atoms with Crippen LogP contribution in [0.3, 0.4) is 0 Å². The molecule has 0 aliphatic heterocycles. The third kappa shape index (κ3) is 4.70. The van der Waals surface area contributed by atoms with Crippen molar-refractivity contribution in [2.75, 3.05) is 6.61 Å². The van der Waals surface area contributed by atoms with E-state index in [9.17, 15) is 10.1 Å². The molecule has 0 spiro atoms. The van der Waals surface area contributed by atoms with Gasteiger partial charge in [-0.2, -0.15) is 5.26 Å². The molecule has 0 amide bonds. The van der Waals surface area contributed by atoms with Crippen molar-refractivity contribution < 1.29 is 9.53 Å². The first kappa shape index (κ1) is 16.2. The van der Waals surface area contributed by atoms with Crippen LogP contribution in [0.15, 0.2) is 30.3 Å². The molecule has 0 aromatic heterocycles. The zero-order chi connectivity index (χ0) is 14.8. The van der Waals surface area contributed by atoms with E-state index in [1.54, 1.807) is 6.92 Å². The number of benzene rings is 1. The van der Waals surface area contributed by atoms with E-state index in [2.05, 4.69) is 13.0 Å². The van der Waals surface area contributed by atoms with Gasteiger partial charge < -0.3 is 4.74 Å². The molecule has 2 atom stereocenters. The lowest BCUT2D eigenvalue weighted by atomic mass is 9.83. The number of hydrogen-bond donors (Lipinski definition) is 0. The van der Waals surface area contributed by atoms with Crippen LogP contribution < -0.4 is 0 Å². The highest BCUT2D eigenvalue weighted by Crippen LogP contribution is 2.31. The van der Waals surface area contributed by atoms with Crippen molar-refractivity contribution in [2.45, 2.75) is 45.4 Å². The molecule has 2 unspecified atom stereocenters. The summed E-state index contributed by atoms with van der Waals surface area (Å²) in [5, 5.41) is 9.36. The van der Waals surface area contributed by atoms with Crippen LogP contribution in [0.25, 0.3) is 0 Å². The van der Waals surface area contributed by atoms with Crippen LogP contribution in [0.2, 0.25) is 0 Å². The first-order valence-electron chi connectivity index (χ1n) is 7.35. The number of carbonyl (C=O) groups excluding carboxylic acids is 1. The second-order valence-corrected chi connectivity index (χ2v) is 4.87. The summed E-state index contributed by atoms with van der Waals surface area (Å²) in [7, 11) is 0. The van der Waals surface area contributed by atoms with Crippen molar-refractivity contribution in [3.05, 3.63) is 35.9 Å². The molecule has 20 heavy (non-hydrogen) atoms. The Kier molecular flexibility index (Phi) is 7.42. The summed E-state index contributed by atoms with van der Waals surface area (Å²) in [5.74, 6) is -1.19. The van der Waals surface area contributed by atoms with Crippen molar-refractivity contribution in [2.24, 2.45) is 5.92 Å². The number of esters is 1. The maximum Gasteiger partial charge on any atom is 0.323 e. The fourth-order valence-electron chi connectivity index (χ4n) is 2.38. The Hall–Kier alpha value is -1.82. The number of nitrogens with zero attached hydrogens (tertiary/aromatic N) is 1. The number of unbranched alkanes of at least 4 members (excludes halogenated alkanes) is 2. The molecule has 0 aliphatic rings. The van der Waals surface area contributed by atoms with Crippen molar-refractivity contribution >= 4 is 5.97 Å². The predicted molar refractivity (Wildman–Crippen MR) is 79.1 cm³/mol. The molecule has 108 valence electrons. The van der Waals surface area contributed by atoms with Gasteiger partial charge in [-0.15, -0.1) is 0 Å². The molecule has 1 rings (SSSR count). The number of rotatable bonds is 8. The summed E-state index contributed by atoms with van der Waals surface area (Å²) >= 11 is 0. The summed E-state index contributed by atoms with van der Waals surface area (Å²) in [6.45, 7) is 4.22. The molecule has 1 aromatic carbocycles. The molecule has 0 saturated carbocycles. The molecule has 0 aliphatic carbocycles. The van der Waals surface area contributed by atoms with Crippen molar-refractivity contribution in [3.63, 3.8) is 0 Å². The van der Waals surface area contributed by atoms with Crippen LogP contribution in [0, 0.1) is 17.2 Å². The Balaban J connectivity index is 2.90. The Morgan fingerprint density at radius 3 is 2.50 bits per heavy atom. The molecule has 1 aromatic rings. The smallest absolute Gasteiger partial charge is 0.323 e. The quantitative estimate of drug-likeness (QED) is 0.530. The minimum atomic E-state index is -0.714.